The summed E-state index contributed by atoms with van der Waals surface area (Å²) in [7, 11) is 0. The molecule has 6 nitrogen and oxygen atoms in total. The molecule has 2 heterocycles. The van der Waals surface area contributed by atoms with E-state index in [-0.39, 0.29) is 11.3 Å². The Labute approximate surface area is 147 Å². The lowest BCUT2D eigenvalue weighted by Gasteiger charge is -2.21. The smallest absolute Gasteiger partial charge is 0.435 e. The van der Waals surface area contributed by atoms with Gasteiger partial charge >= 0.3 is 18.4 Å². The number of cyclic esters (lactones) is 1. The Balaban J connectivity index is 2.09. The van der Waals surface area contributed by atoms with E-state index in [1.165, 1.54) is 13.0 Å². The van der Waals surface area contributed by atoms with Crippen LogP contribution in [-0.4, -0.2) is 27.7 Å². The van der Waals surface area contributed by atoms with Crippen molar-refractivity contribution in [3.05, 3.63) is 47.3 Å². The maximum absolute atomic E-state index is 13.5. The summed E-state index contributed by atoms with van der Waals surface area (Å²) >= 11 is 0. The molecule has 1 N–H and O–H groups in total. The van der Waals surface area contributed by atoms with Gasteiger partial charge in [-0.1, -0.05) is 6.07 Å². The minimum atomic E-state index is -4.88. The van der Waals surface area contributed by atoms with E-state index in [1.54, 1.807) is 0 Å². The van der Waals surface area contributed by atoms with Gasteiger partial charge in [0.15, 0.2) is 5.69 Å². The highest BCUT2D eigenvalue weighted by atomic mass is 19.4. The van der Waals surface area contributed by atoms with Crippen molar-refractivity contribution < 1.29 is 35.9 Å². The molecule has 144 valence electrons. The van der Waals surface area contributed by atoms with Crippen LogP contribution >= 0.6 is 0 Å². The molecule has 2 aromatic rings. The van der Waals surface area contributed by atoms with Gasteiger partial charge in [0, 0.05) is 11.8 Å². The first-order valence-electron chi connectivity index (χ1n) is 7.36. The molecule has 0 aliphatic carbocycles. The number of carbonyl (C=O) groups excluding carboxylic acids is 1. The van der Waals surface area contributed by atoms with Gasteiger partial charge in [-0.2, -0.15) is 36.5 Å². The van der Waals surface area contributed by atoms with Crippen molar-refractivity contribution in [1.29, 1.82) is 0 Å². The number of amides is 1. The predicted octanol–water partition coefficient (Wildman–Crippen LogP) is 3.74. The molecule has 1 atom stereocenters. The van der Waals surface area contributed by atoms with Gasteiger partial charge < -0.3 is 4.74 Å². The molecule has 0 spiro atoms. The number of halogens is 6. The second kappa shape index (κ2) is 6.28. The van der Waals surface area contributed by atoms with E-state index >= 15 is 0 Å². The molecule has 0 saturated heterocycles. The van der Waals surface area contributed by atoms with Crippen molar-refractivity contribution in [2.75, 3.05) is 0 Å². The summed E-state index contributed by atoms with van der Waals surface area (Å²) in [6, 6.07) is 3.47. The average Bonchev–Trinajstić information content (AvgIpc) is 3.03. The highest BCUT2D eigenvalue weighted by Crippen LogP contribution is 2.36. The summed E-state index contributed by atoms with van der Waals surface area (Å²) in [5.74, 6) is 0. The van der Waals surface area contributed by atoms with Crippen molar-refractivity contribution in [3.63, 3.8) is 0 Å². The number of hydrogen-bond donors (Lipinski definition) is 1. The Bertz CT molecular complexity index is 916. The van der Waals surface area contributed by atoms with Crippen LogP contribution in [0.1, 0.15) is 23.7 Å². The number of hydrogen-bond acceptors (Lipinski definition) is 4. The summed E-state index contributed by atoms with van der Waals surface area (Å²) in [5.41, 5.74) is -1.12. The fourth-order valence-electron chi connectivity index (χ4n) is 2.47. The van der Waals surface area contributed by atoms with Crippen LogP contribution in [0.5, 0.6) is 0 Å². The Morgan fingerprint density at radius 3 is 2.37 bits per heavy atom. The zero-order chi connectivity index (χ0) is 20.0. The number of benzene rings is 1. The molecular weight excluding hydrogens is 382 g/mol. The second-order valence-electron chi connectivity index (χ2n) is 5.53. The number of aromatic nitrogens is 2. The van der Waals surface area contributed by atoms with Crippen LogP contribution in [0.2, 0.25) is 0 Å². The van der Waals surface area contributed by atoms with Crippen molar-refractivity contribution in [2.45, 2.75) is 25.4 Å². The zero-order valence-electron chi connectivity index (χ0n) is 13.4. The highest BCUT2D eigenvalue weighted by molar-refractivity contribution is 6.06. The maximum atomic E-state index is 13.5. The van der Waals surface area contributed by atoms with E-state index in [0.29, 0.717) is 16.8 Å². The fourth-order valence-corrected chi connectivity index (χ4v) is 2.47. The van der Waals surface area contributed by atoms with Crippen LogP contribution in [0, 0.1) is 0 Å². The van der Waals surface area contributed by atoms with Crippen LogP contribution in [0.15, 0.2) is 35.6 Å². The number of nitrogens with zero attached hydrogens (tertiary/aromatic N) is 3. The molecular formula is C15H10F6N4O2. The lowest BCUT2D eigenvalue weighted by molar-refractivity contribution is -0.141. The van der Waals surface area contributed by atoms with E-state index in [0.717, 1.165) is 12.3 Å². The molecule has 12 heteroatoms. The Hall–Kier alpha value is -3.05. The third kappa shape index (κ3) is 3.73. The van der Waals surface area contributed by atoms with Gasteiger partial charge in [0.1, 0.15) is 11.8 Å². The van der Waals surface area contributed by atoms with E-state index in [2.05, 4.69) is 10.2 Å². The fraction of sp³-hybridized carbons (Fsp3) is 0.267. The third-order valence-corrected chi connectivity index (χ3v) is 3.66. The van der Waals surface area contributed by atoms with Crippen molar-refractivity contribution in [3.8, 4) is 5.69 Å². The van der Waals surface area contributed by atoms with Crippen LogP contribution < -0.4 is 5.43 Å². The lowest BCUT2D eigenvalue weighted by atomic mass is 10.0. The zero-order valence-corrected chi connectivity index (χ0v) is 13.4. The molecule has 3 rings (SSSR count). The van der Waals surface area contributed by atoms with Crippen LogP contribution in [0.4, 0.5) is 31.1 Å². The monoisotopic (exact) mass is 392 g/mol. The molecule has 0 fully saturated rings. The number of ether oxygens (including phenoxy) is 1. The number of rotatable bonds is 2. The quantitative estimate of drug-likeness (QED) is 0.792. The topological polar surface area (TPSA) is 68.5 Å². The Kier molecular flexibility index (Phi) is 4.36. The molecule has 1 aliphatic heterocycles. The number of carbonyl (C=O) groups is 1. The molecule has 1 amide bonds. The largest absolute Gasteiger partial charge is 0.439 e. The molecule has 0 unspecified atom stereocenters. The molecule has 0 bridgehead atoms. The van der Waals surface area contributed by atoms with Gasteiger partial charge in [-0.3, -0.25) is 0 Å². The second-order valence-corrected chi connectivity index (χ2v) is 5.53. The highest BCUT2D eigenvalue weighted by Gasteiger charge is 2.37. The Morgan fingerprint density at radius 1 is 1.11 bits per heavy atom. The molecule has 1 aromatic carbocycles. The van der Waals surface area contributed by atoms with Gasteiger partial charge in [0.2, 0.25) is 0 Å². The van der Waals surface area contributed by atoms with Crippen LogP contribution in [0.3, 0.4) is 0 Å². The van der Waals surface area contributed by atoms with E-state index in [1.807, 2.05) is 5.43 Å². The third-order valence-electron chi connectivity index (χ3n) is 3.66. The molecule has 0 radical (unpaired) electrons. The molecule has 1 aromatic heterocycles. The summed E-state index contributed by atoms with van der Waals surface area (Å²) < 4.78 is 83.8. The molecule has 1 aliphatic rings. The number of hydrazone groups is 1. The van der Waals surface area contributed by atoms with Gasteiger partial charge in [-0.15, -0.1) is 0 Å². The SMILES string of the molecule is C[C@@H]1OC(=O)NN=C1c1ccc(-n2ccc(C(F)(F)F)n2)c(C(F)(F)F)c1. The first-order chi connectivity index (χ1) is 12.5. The van der Waals surface area contributed by atoms with E-state index in [9.17, 15) is 31.1 Å². The van der Waals surface area contributed by atoms with Gasteiger partial charge in [-0.25, -0.2) is 14.9 Å². The first-order valence-corrected chi connectivity index (χ1v) is 7.36. The number of alkyl halides is 6. The lowest BCUT2D eigenvalue weighted by Crippen LogP contribution is -2.37. The van der Waals surface area contributed by atoms with Crippen molar-refractivity contribution in [2.24, 2.45) is 5.10 Å². The minimum Gasteiger partial charge on any atom is -0.439 e. The van der Waals surface area contributed by atoms with E-state index in [4.69, 9.17) is 4.74 Å². The van der Waals surface area contributed by atoms with E-state index < -0.39 is 41.5 Å². The van der Waals surface area contributed by atoms with Crippen LogP contribution in [-0.2, 0) is 17.1 Å². The average molecular weight is 392 g/mol. The van der Waals surface area contributed by atoms with Crippen LogP contribution in [0.25, 0.3) is 5.69 Å². The number of nitrogens with one attached hydrogen (secondary N) is 1. The standard InChI is InChI=1S/C15H10F6N4O2/c1-7-12(22-23-13(26)27-7)8-2-3-10(9(6-8)14(16,17)18)25-5-4-11(24-25)15(19,20)21/h2-7H,1H3,(H,23,26)/t7-/m0/s1. The summed E-state index contributed by atoms with van der Waals surface area (Å²) in [4.78, 5) is 11.1. The first kappa shape index (κ1) is 18.7. The molecule has 27 heavy (non-hydrogen) atoms. The van der Waals surface area contributed by atoms with Gasteiger partial charge in [0.25, 0.3) is 0 Å². The summed E-state index contributed by atoms with van der Waals surface area (Å²) in [6.07, 6.45) is -10.6. The van der Waals surface area contributed by atoms with Gasteiger partial charge in [-0.05, 0) is 25.1 Å². The normalized spacial score (nSPS) is 18.0. The predicted molar refractivity (Wildman–Crippen MR) is 79.2 cm³/mol. The maximum Gasteiger partial charge on any atom is 0.435 e. The van der Waals surface area contributed by atoms with Crippen molar-refractivity contribution in [1.82, 2.24) is 15.2 Å². The minimum absolute atomic E-state index is 0.0122. The summed E-state index contributed by atoms with van der Waals surface area (Å²) in [5, 5.41) is 6.85. The summed E-state index contributed by atoms with van der Waals surface area (Å²) in [6.45, 7) is 1.42. The van der Waals surface area contributed by atoms with Crippen molar-refractivity contribution >= 4 is 11.8 Å². The Morgan fingerprint density at radius 2 is 1.81 bits per heavy atom. The molecule has 0 saturated carbocycles. The van der Waals surface area contributed by atoms with Gasteiger partial charge in [0.05, 0.1) is 11.3 Å².